The molecule has 2 aromatic carbocycles. The topological polar surface area (TPSA) is 93.9 Å². The monoisotopic (exact) mass is 535 g/mol. The van der Waals surface area contributed by atoms with Crippen molar-refractivity contribution in [3.05, 3.63) is 57.3 Å². The number of piperidine rings is 1. The molecule has 172 valence electrons. The van der Waals surface area contributed by atoms with E-state index in [2.05, 4.69) is 22.0 Å². The quantitative estimate of drug-likeness (QED) is 0.605. The predicted octanol–water partition coefficient (Wildman–Crippen LogP) is 4.86. The zero-order chi connectivity index (χ0) is 23.8. The normalized spacial score (nSPS) is 19.3. The van der Waals surface area contributed by atoms with Crippen LogP contribution in [0.1, 0.15) is 18.4 Å². The van der Waals surface area contributed by atoms with Crippen LogP contribution in [-0.2, 0) is 11.2 Å². The lowest BCUT2D eigenvalue weighted by molar-refractivity contribution is -0.140. The average Bonchev–Trinajstić information content (AvgIpc) is 2.80. The number of likely N-dealkylation sites (tertiary alicyclic amines) is 1. The molecule has 2 heterocycles. The molecule has 0 bridgehead atoms. The molecule has 4 rings (SSSR count). The SMILES string of the molecule is N#CC1(Cc2ccc(F)cc2)CCN(C(=O)C2CN(C(=O)O)c3cc(Cl)c(Br)cc3O2)CC1. The fraction of sp³-hybridized carbons (Fsp3) is 0.348. The number of fused-ring (bicyclic) bond motifs is 1. The first-order chi connectivity index (χ1) is 15.7. The van der Waals surface area contributed by atoms with Gasteiger partial charge >= 0.3 is 6.09 Å². The van der Waals surface area contributed by atoms with Crippen molar-refractivity contribution in [2.24, 2.45) is 5.41 Å². The number of hydrogen-bond acceptors (Lipinski definition) is 4. The van der Waals surface area contributed by atoms with Gasteiger partial charge in [0.2, 0.25) is 0 Å². The number of hydrogen-bond donors (Lipinski definition) is 1. The van der Waals surface area contributed by atoms with Crippen molar-refractivity contribution in [3.63, 3.8) is 0 Å². The van der Waals surface area contributed by atoms with Gasteiger partial charge in [-0.15, -0.1) is 0 Å². The van der Waals surface area contributed by atoms with Gasteiger partial charge in [-0.05, 0) is 65.0 Å². The molecule has 0 spiro atoms. The van der Waals surface area contributed by atoms with Crippen LogP contribution in [-0.4, -0.2) is 47.7 Å². The molecule has 33 heavy (non-hydrogen) atoms. The van der Waals surface area contributed by atoms with E-state index >= 15 is 0 Å². The minimum atomic E-state index is -1.21. The van der Waals surface area contributed by atoms with Gasteiger partial charge in [0, 0.05) is 17.6 Å². The Kier molecular flexibility index (Phi) is 6.50. The molecule has 1 fully saturated rings. The first-order valence-corrected chi connectivity index (χ1v) is 11.5. The summed E-state index contributed by atoms with van der Waals surface area (Å²) in [6.07, 6.45) is -0.828. The second-order valence-electron chi connectivity index (χ2n) is 8.25. The number of anilines is 1. The number of nitrogens with zero attached hydrogens (tertiary/aromatic N) is 3. The Morgan fingerprint density at radius 2 is 1.94 bits per heavy atom. The Balaban J connectivity index is 1.47. The number of benzene rings is 2. The van der Waals surface area contributed by atoms with Gasteiger partial charge in [0.25, 0.3) is 5.91 Å². The molecule has 7 nitrogen and oxygen atoms in total. The van der Waals surface area contributed by atoms with Gasteiger partial charge in [0.15, 0.2) is 6.10 Å². The van der Waals surface area contributed by atoms with Crippen LogP contribution in [0.4, 0.5) is 14.9 Å². The van der Waals surface area contributed by atoms with Crippen LogP contribution >= 0.6 is 27.5 Å². The Hall–Kier alpha value is -2.83. The third kappa shape index (κ3) is 4.77. The van der Waals surface area contributed by atoms with E-state index in [-0.39, 0.29) is 29.7 Å². The number of amides is 2. The lowest BCUT2D eigenvalue weighted by atomic mass is 9.75. The van der Waals surface area contributed by atoms with E-state index in [1.165, 1.54) is 18.2 Å². The lowest BCUT2D eigenvalue weighted by Gasteiger charge is -2.40. The summed E-state index contributed by atoms with van der Waals surface area (Å²) in [5.41, 5.74) is 0.496. The van der Waals surface area contributed by atoms with Crippen LogP contribution < -0.4 is 9.64 Å². The zero-order valence-corrected chi connectivity index (χ0v) is 19.8. The van der Waals surface area contributed by atoms with E-state index in [9.17, 15) is 24.3 Å². The predicted molar refractivity (Wildman–Crippen MR) is 123 cm³/mol. The zero-order valence-electron chi connectivity index (χ0n) is 17.4. The summed E-state index contributed by atoms with van der Waals surface area (Å²) >= 11 is 9.39. The summed E-state index contributed by atoms with van der Waals surface area (Å²) < 4.78 is 19.6. The Bertz CT molecular complexity index is 1130. The minimum Gasteiger partial charge on any atom is -0.476 e. The molecule has 2 aliphatic heterocycles. The van der Waals surface area contributed by atoms with Crippen molar-refractivity contribution in [2.75, 3.05) is 24.5 Å². The molecular formula is C23H20BrClFN3O4. The summed E-state index contributed by atoms with van der Waals surface area (Å²) in [5.74, 6) is -0.409. The van der Waals surface area contributed by atoms with Crippen molar-refractivity contribution in [1.29, 1.82) is 5.26 Å². The van der Waals surface area contributed by atoms with Crippen LogP contribution in [0.3, 0.4) is 0 Å². The van der Waals surface area contributed by atoms with E-state index < -0.39 is 17.6 Å². The first kappa shape index (κ1) is 23.3. The van der Waals surface area contributed by atoms with E-state index in [4.69, 9.17) is 16.3 Å². The van der Waals surface area contributed by atoms with Crippen molar-refractivity contribution in [1.82, 2.24) is 4.90 Å². The second-order valence-corrected chi connectivity index (χ2v) is 9.52. The van der Waals surface area contributed by atoms with Gasteiger partial charge in [-0.25, -0.2) is 9.18 Å². The molecule has 0 radical (unpaired) electrons. The molecule has 2 aromatic rings. The number of nitriles is 1. The number of carbonyl (C=O) groups excluding carboxylic acids is 1. The maximum atomic E-state index is 13.2. The Morgan fingerprint density at radius 1 is 1.27 bits per heavy atom. The molecule has 2 aliphatic rings. The Morgan fingerprint density at radius 3 is 2.55 bits per heavy atom. The highest BCUT2D eigenvalue weighted by Gasteiger charge is 2.41. The Labute approximate surface area is 203 Å². The van der Waals surface area contributed by atoms with E-state index in [1.54, 1.807) is 23.1 Å². The maximum Gasteiger partial charge on any atom is 0.412 e. The largest absolute Gasteiger partial charge is 0.476 e. The number of rotatable bonds is 3. The average molecular weight is 537 g/mol. The molecule has 0 aliphatic carbocycles. The highest BCUT2D eigenvalue weighted by molar-refractivity contribution is 9.10. The molecule has 1 atom stereocenters. The van der Waals surface area contributed by atoms with Gasteiger partial charge in [-0.3, -0.25) is 9.69 Å². The number of carbonyl (C=O) groups is 2. The number of ether oxygens (including phenoxy) is 1. The maximum absolute atomic E-state index is 13.2. The van der Waals surface area contributed by atoms with E-state index in [1.807, 2.05) is 0 Å². The lowest BCUT2D eigenvalue weighted by Crippen LogP contribution is -2.54. The summed E-state index contributed by atoms with van der Waals surface area (Å²) in [6.45, 7) is 0.532. The van der Waals surface area contributed by atoms with Gasteiger partial charge in [0.1, 0.15) is 11.6 Å². The second kappa shape index (κ2) is 9.20. The van der Waals surface area contributed by atoms with Crippen LogP contribution in [0, 0.1) is 22.6 Å². The third-order valence-corrected chi connectivity index (χ3v) is 7.34. The highest BCUT2D eigenvalue weighted by atomic mass is 79.9. The number of carboxylic acid groups (broad SMARTS) is 1. The molecular weight excluding hydrogens is 517 g/mol. The highest BCUT2D eigenvalue weighted by Crippen LogP contribution is 2.41. The molecule has 1 saturated heterocycles. The summed E-state index contributed by atoms with van der Waals surface area (Å²) in [5, 5.41) is 19.8. The van der Waals surface area contributed by atoms with Crippen LogP contribution in [0.2, 0.25) is 5.02 Å². The smallest absolute Gasteiger partial charge is 0.412 e. The first-order valence-electron chi connectivity index (χ1n) is 10.3. The van der Waals surface area contributed by atoms with Crippen molar-refractivity contribution >= 4 is 45.2 Å². The van der Waals surface area contributed by atoms with Gasteiger partial charge < -0.3 is 14.7 Å². The summed E-state index contributed by atoms with van der Waals surface area (Å²) in [4.78, 5) is 27.7. The van der Waals surface area contributed by atoms with Crippen molar-refractivity contribution in [3.8, 4) is 11.8 Å². The van der Waals surface area contributed by atoms with Crippen LogP contribution in [0.25, 0.3) is 0 Å². The van der Waals surface area contributed by atoms with Crippen molar-refractivity contribution in [2.45, 2.75) is 25.4 Å². The van der Waals surface area contributed by atoms with Gasteiger partial charge in [-0.1, -0.05) is 23.7 Å². The van der Waals surface area contributed by atoms with Crippen LogP contribution in [0.5, 0.6) is 5.75 Å². The molecule has 2 amide bonds. The van der Waals surface area contributed by atoms with E-state index in [0.29, 0.717) is 41.8 Å². The van der Waals surface area contributed by atoms with E-state index in [0.717, 1.165) is 10.5 Å². The number of halogens is 3. The summed E-state index contributed by atoms with van der Waals surface area (Å²) in [7, 11) is 0. The third-order valence-electron chi connectivity index (χ3n) is 6.14. The standard InChI is InChI=1S/C23H20BrClFN3O4/c24-16-9-19-18(10-17(16)25)29(22(31)32)12-20(33-19)21(30)28-7-5-23(13-27,6-8-28)11-14-1-3-15(26)4-2-14/h1-4,9-10,20H,5-8,11-12H2,(H,31,32). The van der Waals surface area contributed by atoms with Gasteiger partial charge in [0.05, 0.1) is 28.7 Å². The summed E-state index contributed by atoms with van der Waals surface area (Å²) in [6, 6.07) is 11.5. The molecule has 10 heteroatoms. The van der Waals surface area contributed by atoms with Crippen molar-refractivity contribution < 1.29 is 23.8 Å². The minimum absolute atomic E-state index is 0.158. The van der Waals surface area contributed by atoms with Crippen LogP contribution in [0.15, 0.2) is 40.9 Å². The van der Waals surface area contributed by atoms with Gasteiger partial charge in [-0.2, -0.15) is 5.26 Å². The molecule has 1 unspecified atom stereocenters. The molecule has 1 N–H and O–H groups in total. The fourth-order valence-corrected chi connectivity index (χ4v) is 4.75. The fourth-order valence-electron chi connectivity index (χ4n) is 4.27. The molecule has 0 aromatic heterocycles. The molecule has 0 saturated carbocycles.